The highest BCUT2D eigenvalue weighted by atomic mass is 16.2. The zero-order chi connectivity index (χ0) is 13.4. The summed E-state index contributed by atoms with van der Waals surface area (Å²) in [4.78, 5) is 16.7. The van der Waals surface area contributed by atoms with E-state index in [0.29, 0.717) is 18.2 Å². The molecule has 18 heavy (non-hydrogen) atoms. The Bertz CT molecular complexity index is 235. The van der Waals surface area contributed by atoms with Gasteiger partial charge >= 0.3 is 0 Å². The van der Waals surface area contributed by atoms with Gasteiger partial charge in [0.2, 0.25) is 5.91 Å². The molecule has 0 atom stereocenters. The Kier molecular flexibility index (Phi) is 7.33. The minimum atomic E-state index is 0.344. The van der Waals surface area contributed by atoms with Crippen molar-refractivity contribution in [3.63, 3.8) is 0 Å². The van der Waals surface area contributed by atoms with Crippen molar-refractivity contribution in [2.24, 2.45) is 5.92 Å². The van der Waals surface area contributed by atoms with Crippen LogP contribution in [0.2, 0.25) is 0 Å². The van der Waals surface area contributed by atoms with Gasteiger partial charge in [-0.1, -0.05) is 27.2 Å². The summed E-state index contributed by atoms with van der Waals surface area (Å²) in [6, 6.07) is 0. The summed E-state index contributed by atoms with van der Waals surface area (Å²) in [6.07, 6.45) is 5.73. The molecule has 0 aliphatic carbocycles. The van der Waals surface area contributed by atoms with Crippen molar-refractivity contribution >= 4 is 5.91 Å². The van der Waals surface area contributed by atoms with Gasteiger partial charge in [-0.05, 0) is 38.3 Å². The molecule has 0 bridgehead atoms. The number of carbonyl (C=O) groups excluding carboxylic acids is 1. The van der Waals surface area contributed by atoms with E-state index in [0.717, 1.165) is 26.1 Å². The van der Waals surface area contributed by atoms with Crippen LogP contribution in [0.3, 0.4) is 0 Å². The van der Waals surface area contributed by atoms with Crippen LogP contribution in [0.5, 0.6) is 0 Å². The molecule has 1 aliphatic heterocycles. The lowest BCUT2D eigenvalue weighted by atomic mass is 10.1. The largest absolute Gasteiger partial charge is 0.342 e. The molecule has 0 spiro atoms. The van der Waals surface area contributed by atoms with Crippen LogP contribution in [-0.4, -0.2) is 48.4 Å². The summed E-state index contributed by atoms with van der Waals surface area (Å²) in [6.45, 7) is 11.7. The van der Waals surface area contributed by atoms with E-state index in [4.69, 9.17) is 0 Å². The van der Waals surface area contributed by atoms with E-state index in [1.165, 1.54) is 32.4 Å². The molecular weight excluding hydrogens is 224 g/mol. The lowest BCUT2D eigenvalue weighted by Crippen LogP contribution is -2.38. The summed E-state index contributed by atoms with van der Waals surface area (Å²) in [5.41, 5.74) is 0. The summed E-state index contributed by atoms with van der Waals surface area (Å²) in [5.74, 6) is 0.909. The van der Waals surface area contributed by atoms with E-state index in [2.05, 4.69) is 30.6 Å². The molecule has 0 aromatic rings. The zero-order valence-electron chi connectivity index (χ0n) is 12.5. The lowest BCUT2D eigenvalue weighted by Gasteiger charge is -2.28. The van der Waals surface area contributed by atoms with Gasteiger partial charge in [0.15, 0.2) is 0 Å². The summed E-state index contributed by atoms with van der Waals surface area (Å²) >= 11 is 0. The number of rotatable bonds is 7. The van der Waals surface area contributed by atoms with Crippen molar-refractivity contribution < 1.29 is 4.79 Å². The first kappa shape index (κ1) is 15.5. The van der Waals surface area contributed by atoms with Crippen molar-refractivity contribution in [3.05, 3.63) is 0 Å². The second kappa shape index (κ2) is 8.52. The third kappa shape index (κ3) is 5.85. The maximum atomic E-state index is 12.2. The molecule has 0 aromatic heterocycles. The van der Waals surface area contributed by atoms with Crippen LogP contribution in [-0.2, 0) is 4.79 Å². The smallest absolute Gasteiger partial charge is 0.223 e. The van der Waals surface area contributed by atoms with Crippen LogP contribution in [0.15, 0.2) is 0 Å². The Morgan fingerprint density at radius 1 is 1.22 bits per heavy atom. The average molecular weight is 254 g/mol. The molecule has 106 valence electrons. The van der Waals surface area contributed by atoms with Crippen molar-refractivity contribution in [3.8, 4) is 0 Å². The van der Waals surface area contributed by atoms with Crippen molar-refractivity contribution in [1.29, 1.82) is 0 Å². The average Bonchev–Trinajstić information content (AvgIpc) is 2.36. The predicted octanol–water partition coefficient (Wildman–Crippen LogP) is 2.76. The number of hydrogen-bond donors (Lipinski definition) is 0. The van der Waals surface area contributed by atoms with Gasteiger partial charge in [0.25, 0.3) is 0 Å². The van der Waals surface area contributed by atoms with Gasteiger partial charge in [0.1, 0.15) is 0 Å². The van der Waals surface area contributed by atoms with E-state index < -0.39 is 0 Å². The molecule has 1 amide bonds. The molecule has 0 radical (unpaired) electrons. The van der Waals surface area contributed by atoms with Crippen LogP contribution < -0.4 is 0 Å². The number of piperidine rings is 1. The van der Waals surface area contributed by atoms with Crippen LogP contribution in [0, 0.1) is 5.92 Å². The molecule has 1 fully saturated rings. The van der Waals surface area contributed by atoms with Crippen LogP contribution in [0.4, 0.5) is 0 Å². The van der Waals surface area contributed by atoms with Gasteiger partial charge < -0.3 is 9.80 Å². The van der Waals surface area contributed by atoms with E-state index >= 15 is 0 Å². The highest BCUT2D eigenvalue weighted by Crippen LogP contribution is 2.10. The Morgan fingerprint density at radius 3 is 2.44 bits per heavy atom. The Balaban J connectivity index is 2.30. The van der Waals surface area contributed by atoms with Gasteiger partial charge in [0.05, 0.1) is 0 Å². The minimum absolute atomic E-state index is 0.344. The fourth-order valence-electron chi connectivity index (χ4n) is 2.62. The summed E-state index contributed by atoms with van der Waals surface area (Å²) in [5, 5.41) is 0. The lowest BCUT2D eigenvalue weighted by molar-refractivity contribution is -0.132. The van der Waals surface area contributed by atoms with Gasteiger partial charge in [0, 0.05) is 26.1 Å². The number of amides is 1. The molecule has 1 saturated heterocycles. The normalized spacial score (nSPS) is 17.1. The highest BCUT2D eigenvalue weighted by molar-refractivity contribution is 5.76. The molecule has 0 aromatic carbocycles. The molecule has 0 saturated carbocycles. The summed E-state index contributed by atoms with van der Waals surface area (Å²) in [7, 11) is 0. The van der Waals surface area contributed by atoms with Gasteiger partial charge in [-0.2, -0.15) is 0 Å². The Hall–Kier alpha value is -0.570. The first-order valence-corrected chi connectivity index (χ1v) is 7.63. The van der Waals surface area contributed by atoms with E-state index in [1.54, 1.807) is 0 Å². The standard InChI is InChI=1S/C15H30N2O/c1-4-9-17(13-14(2)3)15(18)8-12-16-10-6-5-7-11-16/h14H,4-13H2,1-3H3. The van der Waals surface area contributed by atoms with Gasteiger partial charge in [-0.15, -0.1) is 0 Å². The third-order valence-corrected chi connectivity index (χ3v) is 3.52. The maximum absolute atomic E-state index is 12.2. The van der Waals surface area contributed by atoms with Gasteiger partial charge in [-0.25, -0.2) is 0 Å². The van der Waals surface area contributed by atoms with Crippen LogP contribution in [0.1, 0.15) is 52.9 Å². The fraction of sp³-hybridized carbons (Fsp3) is 0.933. The minimum Gasteiger partial charge on any atom is -0.342 e. The fourth-order valence-corrected chi connectivity index (χ4v) is 2.62. The van der Waals surface area contributed by atoms with Crippen LogP contribution in [0.25, 0.3) is 0 Å². The van der Waals surface area contributed by atoms with Crippen molar-refractivity contribution in [1.82, 2.24) is 9.80 Å². The zero-order valence-corrected chi connectivity index (χ0v) is 12.5. The number of hydrogen-bond acceptors (Lipinski definition) is 2. The highest BCUT2D eigenvalue weighted by Gasteiger charge is 2.16. The number of carbonyl (C=O) groups is 1. The number of nitrogens with zero attached hydrogens (tertiary/aromatic N) is 2. The number of likely N-dealkylation sites (tertiary alicyclic amines) is 1. The van der Waals surface area contributed by atoms with Crippen molar-refractivity contribution in [2.45, 2.75) is 52.9 Å². The quantitative estimate of drug-likeness (QED) is 0.697. The first-order chi connectivity index (χ1) is 8.63. The Labute approximate surface area is 113 Å². The maximum Gasteiger partial charge on any atom is 0.223 e. The second-order valence-electron chi connectivity index (χ2n) is 5.89. The van der Waals surface area contributed by atoms with E-state index in [-0.39, 0.29) is 0 Å². The van der Waals surface area contributed by atoms with Gasteiger partial charge in [-0.3, -0.25) is 4.79 Å². The van der Waals surface area contributed by atoms with E-state index in [1.807, 2.05) is 0 Å². The van der Waals surface area contributed by atoms with Crippen LogP contribution >= 0.6 is 0 Å². The molecule has 0 unspecified atom stereocenters. The SMILES string of the molecule is CCCN(CC(C)C)C(=O)CCN1CCCCC1. The second-order valence-corrected chi connectivity index (χ2v) is 5.89. The molecule has 3 nitrogen and oxygen atoms in total. The molecular formula is C15H30N2O. The monoisotopic (exact) mass is 254 g/mol. The summed E-state index contributed by atoms with van der Waals surface area (Å²) < 4.78 is 0. The molecule has 1 heterocycles. The van der Waals surface area contributed by atoms with E-state index in [9.17, 15) is 4.79 Å². The van der Waals surface area contributed by atoms with Crippen molar-refractivity contribution in [2.75, 3.05) is 32.7 Å². The molecule has 3 heteroatoms. The molecule has 1 aliphatic rings. The molecule has 0 N–H and O–H groups in total. The molecule has 1 rings (SSSR count). The Morgan fingerprint density at radius 2 is 1.89 bits per heavy atom. The first-order valence-electron chi connectivity index (χ1n) is 7.63. The third-order valence-electron chi connectivity index (χ3n) is 3.52. The topological polar surface area (TPSA) is 23.6 Å². The predicted molar refractivity (Wildman–Crippen MR) is 76.6 cm³/mol.